The summed E-state index contributed by atoms with van der Waals surface area (Å²) in [6.45, 7) is 0. The molecule has 0 spiro atoms. The topological polar surface area (TPSA) is 66.1 Å². The van der Waals surface area contributed by atoms with E-state index in [0.29, 0.717) is 18.5 Å². The minimum atomic E-state index is -0.137. The van der Waals surface area contributed by atoms with Crippen LogP contribution in [0.3, 0.4) is 0 Å². The minimum absolute atomic E-state index is 0.137. The molecular formula is C13H11N3O2. The zero-order valence-corrected chi connectivity index (χ0v) is 9.59. The van der Waals surface area contributed by atoms with Gasteiger partial charge >= 0.3 is 0 Å². The smallest absolute Gasteiger partial charge is 0.234 e. The maximum absolute atomic E-state index is 11.7. The predicted molar refractivity (Wildman–Crippen MR) is 65.8 cm³/mol. The number of H-pyrrole nitrogens is 1. The van der Waals surface area contributed by atoms with E-state index in [-0.39, 0.29) is 11.8 Å². The van der Waals surface area contributed by atoms with Crippen molar-refractivity contribution in [2.24, 2.45) is 0 Å². The molecule has 2 amide bonds. The number of imide groups is 1. The lowest BCUT2D eigenvalue weighted by molar-refractivity contribution is -0.121. The van der Waals surface area contributed by atoms with E-state index in [4.69, 9.17) is 0 Å². The second-order valence-electron chi connectivity index (χ2n) is 4.14. The number of anilines is 1. The Labute approximate surface area is 103 Å². The monoisotopic (exact) mass is 241 g/mol. The standard InChI is InChI=1S/C13H11N3O2/c17-12-4-5-13(18)16(12)10-3-1-2-9(8-10)11-6-7-14-15-11/h1-3,6-8H,4-5H2,(H,14,15). The number of amides is 2. The van der Waals surface area contributed by atoms with Crippen molar-refractivity contribution < 1.29 is 9.59 Å². The average Bonchev–Trinajstić information content (AvgIpc) is 3.00. The number of hydrogen-bond acceptors (Lipinski definition) is 3. The van der Waals surface area contributed by atoms with Gasteiger partial charge in [0.15, 0.2) is 0 Å². The minimum Gasteiger partial charge on any atom is -0.278 e. The molecule has 3 rings (SSSR count). The molecule has 1 fully saturated rings. The molecule has 0 radical (unpaired) electrons. The van der Waals surface area contributed by atoms with Gasteiger partial charge in [0.1, 0.15) is 0 Å². The van der Waals surface area contributed by atoms with Crippen molar-refractivity contribution in [3.8, 4) is 11.3 Å². The van der Waals surface area contributed by atoms with Crippen LogP contribution in [0.15, 0.2) is 36.5 Å². The van der Waals surface area contributed by atoms with E-state index in [2.05, 4.69) is 10.2 Å². The molecule has 0 saturated carbocycles. The molecule has 0 aliphatic carbocycles. The zero-order valence-electron chi connectivity index (χ0n) is 9.59. The summed E-state index contributed by atoms with van der Waals surface area (Å²) in [6.07, 6.45) is 2.26. The Hall–Kier alpha value is -2.43. The molecular weight excluding hydrogens is 230 g/mol. The summed E-state index contributed by atoms with van der Waals surface area (Å²) in [4.78, 5) is 24.6. The third kappa shape index (κ3) is 1.69. The highest BCUT2D eigenvalue weighted by molar-refractivity contribution is 6.19. The number of carbonyl (C=O) groups excluding carboxylic acids is 2. The molecule has 18 heavy (non-hydrogen) atoms. The van der Waals surface area contributed by atoms with Gasteiger partial charge in [0.05, 0.1) is 11.4 Å². The molecule has 5 heteroatoms. The van der Waals surface area contributed by atoms with E-state index in [1.807, 2.05) is 24.3 Å². The third-order valence-corrected chi connectivity index (χ3v) is 2.97. The molecule has 1 saturated heterocycles. The average molecular weight is 241 g/mol. The number of hydrogen-bond donors (Lipinski definition) is 1. The van der Waals surface area contributed by atoms with Crippen LogP contribution in [0.25, 0.3) is 11.3 Å². The fourth-order valence-corrected chi connectivity index (χ4v) is 2.09. The molecule has 2 aromatic rings. The Balaban J connectivity index is 2.01. The van der Waals surface area contributed by atoms with Crippen LogP contribution in [0.4, 0.5) is 5.69 Å². The third-order valence-electron chi connectivity index (χ3n) is 2.97. The van der Waals surface area contributed by atoms with Crippen LogP contribution in [-0.4, -0.2) is 22.0 Å². The summed E-state index contributed by atoms with van der Waals surface area (Å²) < 4.78 is 0. The Kier molecular flexibility index (Phi) is 2.44. The van der Waals surface area contributed by atoms with Crippen LogP contribution < -0.4 is 4.90 Å². The summed E-state index contributed by atoms with van der Waals surface area (Å²) in [5.41, 5.74) is 2.38. The molecule has 5 nitrogen and oxygen atoms in total. The Bertz CT molecular complexity index is 588. The second-order valence-corrected chi connectivity index (χ2v) is 4.14. The molecule has 1 N–H and O–H groups in total. The first-order valence-corrected chi connectivity index (χ1v) is 5.71. The summed E-state index contributed by atoms with van der Waals surface area (Å²) >= 11 is 0. The van der Waals surface area contributed by atoms with Gasteiger partial charge in [-0.25, -0.2) is 0 Å². The number of aromatic nitrogens is 2. The molecule has 1 aliphatic rings. The maximum atomic E-state index is 11.7. The lowest BCUT2D eigenvalue weighted by Crippen LogP contribution is -2.28. The highest BCUT2D eigenvalue weighted by atomic mass is 16.2. The zero-order chi connectivity index (χ0) is 12.5. The molecule has 1 aromatic carbocycles. The SMILES string of the molecule is O=C1CCC(=O)N1c1cccc(-c2ccn[nH]2)c1. The lowest BCUT2D eigenvalue weighted by atomic mass is 10.1. The van der Waals surface area contributed by atoms with Crippen LogP contribution in [0, 0.1) is 0 Å². The second kappa shape index (κ2) is 4.10. The van der Waals surface area contributed by atoms with Crippen LogP contribution >= 0.6 is 0 Å². The summed E-state index contributed by atoms with van der Waals surface area (Å²) in [5, 5.41) is 6.74. The lowest BCUT2D eigenvalue weighted by Gasteiger charge is -2.14. The Morgan fingerprint density at radius 3 is 2.56 bits per heavy atom. The van der Waals surface area contributed by atoms with Crippen LogP contribution in [0.1, 0.15) is 12.8 Å². The number of nitrogens with zero attached hydrogens (tertiary/aromatic N) is 2. The van der Waals surface area contributed by atoms with Gasteiger partial charge < -0.3 is 0 Å². The van der Waals surface area contributed by atoms with Gasteiger partial charge in [-0.2, -0.15) is 5.10 Å². The van der Waals surface area contributed by atoms with Gasteiger partial charge in [-0.1, -0.05) is 12.1 Å². The van der Waals surface area contributed by atoms with E-state index < -0.39 is 0 Å². The van der Waals surface area contributed by atoms with Crippen molar-refractivity contribution >= 4 is 17.5 Å². The normalized spacial score (nSPS) is 15.4. The van der Waals surface area contributed by atoms with Crippen molar-refractivity contribution in [3.63, 3.8) is 0 Å². The van der Waals surface area contributed by atoms with Gasteiger partial charge in [0, 0.05) is 24.6 Å². The highest BCUT2D eigenvalue weighted by Gasteiger charge is 2.30. The number of benzene rings is 1. The summed E-state index contributed by atoms with van der Waals surface area (Å²) in [7, 11) is 0. The fraction of sp³-hybridized carbons (Fsp3) is 0.154. The number of nitrogens with one attached hydrogen (secondary N) is 1. The largest absolute Gasteiger partial charge is 0.278 e. The van der Waals surface area contributed by atoms with Crippen molar-refractivity contribution in [2.75, 3.05) is 4.90 Å². The quantitative estimate of drug-likeness (QED) is 0.814. The van der Waals surface area contributed by atoms with E-state index >= 15 is 0 Å². The summed E-state index contributed by atoms with van der Waals surface area (Å²) in [5.74, 6) is -0.275. The van der Waals surface area contributed by atoms with E-state index in [1.165, 1.54) is 4.90 Å². The first-order valence-electron chi connectivity index (χ1n) is 5.71. The van der Waals surface area contributed by atoms with Crippen LogP contribution in [-0.2, 0) is 9.59 Å². The van der Waals surface area contributed by atoms with Crippen LogP contribution in [0.2, 0.25) is 0 Å². The van der Waals surface area contributed by atoms with Crippen molar-refractivity contribution in [1.82, 2.24) is 10.2 Å². The first-order chi connectivity index (χ1) is 8.75. The maximum Gasteiger partial charge on any atom is 0.234 e. The van der Waals surface area contributed by atoms with E-state index in [1.54, 1.807) is 12.3 Å². The van der Waals surface area contributed by atoms with Gasteiger partial charge in [-0.05, 0) is 18.2 Å². The van der Waals surface area contributed by atoms with Crippen molar-refractivity contribution in [2.45, 2.75) is 12.8 Å². The van der Waals surface area contributed by atoms with Crippen molar-refractivity contribution in [3.05, 3.63) is 36.5 Å². The van der Waals surface area contributed by atoms with Crippen LogP contribution in [0.5, 0.6) is 0 Å². The number of aromatic amines is 1. The molecule has 2 heterocycles. The van der Waals surface area contributed by atoms with Crippen molar-refractivity contribution in [1.29, 1.82) is 0 Å². The fourth-order valence-electron chi connectivity index (χ4n) is 2.09. The van der Waals surface area contributed by atoms with E-state index in [9.17, 15) is 9.59 Å². The van der Waals surface area contributed by atoms with Gasteiger partial charge in [-0.15, -0.1) is 0 Å². The van der Waals surface area contributed by atoms with Gasteiger partial charge in [-0.3, -0.25) is 19.6 Å². The van der Waals surface area contributed by atoms with E-state index in [0.717, 1.165) is 11.3 Å². The van der Waals surface area contributed by atoms with Gasteiger partial charge in [0.2, 0.25) is 11.8 Å². The molecule has 0 bridgehead atoms. The highest BCUT2D eigenvalue weighted by Crippen LogP contribution is 2.26. The number of rotatable bonds is 2. The molecule has 90 valence electrons. The van der Waals surface area contributed by atoms with Gasteiger partial charge in [0.25, 0.3) is 0 Å². The molecule has 1 aromatic heterocycles. The molecule has 0 unspecified atom stereocenters. The Morgan fingerprint density at radius 1 is 1.11 bits per heavy atom. The predicted octanol–water partition coefficient (Wildman–Crippen LogP) is 1.73. The number of carbonyl (C=O) groups is 2. The first kappa shape index (κ1) is 10.7. The molecule has 0 atom stereocenters. The Morgan fingerprint density at radius 2 is 1.89 bits per heavy atom. The summed E-state index contributed by atoms with van der Waals surface area (Å²) in [6, 6.07) is 9.15. The molecule has 1 aliphatic heterocycles.